The summed E-state index contributed by atoms with van der Waals surface area (Å²) in [7, 11) is 1.63. The minimum Gasteiger partial charge on any atom is -0.399 e. The molecule has 16 heavy (non-hydrogen) atoms. The second-order valence-electron chi connectivity index (χ2n) is 3.98. The normalized spacial score (nSPS) is 11.9. The molecule has 2 N–H and O–H groups in total. The van der Waals surface area contributed by atoms with Crippen molar-refractivity contribution in [2.24, 2.45) is 0 Å². The summed E-state index contributed by atoms with van der Waals surface area (Å²) in [6.07, 6.45) is -4.38. The number of alkyl halides is 3. The Kier molecular flexibility index (Phi) is 3.35. The third-order valence-corrected chi connectivity index (χ3v) is 2.48. The van der Waals surface area contributed by atoms with Crippen molar-refractivity contribution in [3.63, 3.8) is 0 Å². The van der Waals surface area contributed by atoms with Crippen molar-refractivity contribution >= 4 is 11.4 Å². The topological polar surface area (TPSA) is 29.3 Å². The fourth-order valence-corrected chi connectivity index (χ4v) is 1.37. The van der Waals surface area contributed by atoms with Crippen molar-refractivity contribution in [1.82, 2.24) is 0 Å². The molecule has 0 bridgehead atoms. The van der Waals surface area contributed by atoms with E-state index in [1.807, 2.05) is 13.8 Å². The number of halogens is 3. The molecule has 0 amide bonds. The van der Waals surface area contributed by atoms with Crippen molar-refractivity contribution in [2.45, 2.75) is 26.1 Å². The summed E-state index contributed by atoms with van der Waals surface area (Å²) >= 11 is 0. The number of benzene rings is 1. The molecule has 0 spiro atoms. The van der Waals surface area contributed by atoms with E-state index in [4.69, 9.17) is 5.73 Å². The van der Waals surface area contributed by atoms with Crippen LogP contribution in [-0.2, 0) is 6.18 Å². The van der Waals surface area contributed by atoms with Crippen LogP contribution in [0.3, 0.4) is 0 Å². The van der Waals surface area contributed by atoms with E-state index in [-0.39, 0.29) is 17.4 Å². The van der Waals surface area contributed by atoms with E-state index < -0.39 is 11.7 Å². The van der Waals surface area contributed by atoms with Crippen LogP contribution in [0.1, 0.15) is 19.4 Å². The molecule has 0 aliphatic heterocycles. The smallest absolute Gasteiger partial charge is 0.399 e. The highest BCUT2D eigenvalue weighted by Crippen LogP contribution is 2.37. The lowest BCUT2D eigenvalue weighted by molar-refractivity contribution is -0.137. The Bertz CT molecular complexity index is 372. The molecule has 0 fully saturated rings. The fraction of sp³-hybridized carbons (Fsp3) is 0.455. The number of nitrogens with zero attached hydrogens (tertiary/aromatic N) is 1. The number of anilines is 2. The SMILES string of the molecule is CC(C)N(C)c1ccc(N)cc1C(F)(F)F. The van der Waals surface area contributed by atoms with Gasteiger partial charge in [0.2, 0.25) is 0 Å². The predicted octanol–water partition coefficient (Wildman–Crippen LogP) is 3.13. The minimum absolute atomic E-state index is 0.00951. The predicted molar refractivity (Wildman–Crippen MR) is 59.4 cm³/mol. The van der Waals surface area contributed by atoms with Gasteiger partial charge in [-0.1, -0.05) is 0 Å². The Morgan fingerprint density at radius 3 is 2.25 bits per heavy atom. The summed E-state index contributed by atoms with van der Waals surface area (Å²) in [5, 5.41) is 0. The van der Waals surface area contributed by atoms with Crippen LogP contribution in [0.15, 0.2) is 18.2 Å². The van der Waals surface area contributed by atoms with E-state index in [1.165, 1.54) is 12.1 Å². The van der Waals surface area contributed by atoms with Gasteiger partial charge in [-0.25, -0.2) is 0 Å². The third-order valence-electron chi connectivity index (χ3n) is 2.48. The van der Waals surface area contributed by atoms with Gasteiger partial charge in [0.15, 0.2) is 0 Å². The molecular formula is C11H15F3N2. The Labute approximate surface area is 92.9 Å². The summed E-state index contributed by atoms with van der Waals surface area (Å²) in [4.78, 5) is 1.57. The molecule has 90 valence electrons. The van der Waals surface area contributed by atoms with E-state index in [2.05, 4.69) is 0 Å². The van der Waals surface area contributed by atoms with E-state index in [9.17, 15) is 13.2 Å². The van der Waals surface area contributed by atoms with Crippen LogP contribution >= 0.6 is 0 Å². The van der Waals surface area contributed by atoms with Gasteiger partial charge < -0.3 is 10.6 Å². The molecule has 0 radical (unpaired) electrons. The highest BCUT2D eigenvalue weighted by molar-refractivity contribution is 5.60. The molecule has 0 saturated carbocycles. The zero-order chi connectivity index (χ0) is 12.5. The molecule has 0 atom stereocenters. The maximum absolute atomic E-state index is 12.8. The molecule has 1 rings (SSSR count). The first-order chi connectivity index (χ1) is 7.23. The van der Waals surface area contributed by atoms with Crippen molar-refractivity contribution in [3.05, 3.63) is 23.8 Å². The van der Waals surface area contributed by atoms with Crippen LogP contribution in [0, 0.1) is 0 Å². The average molecular weight is 232 g/mol. The summed E-state index contributed by atoms with van der Waals surface area (Å²) < 4.78 is 38.3. The van der Waals surface area contributed by atoms with Gasteiger partial charge in [-0.05, 0) is 32.0 Å². The molecule has 0 unspecified atom stereocenters. The third kappa shape index (κ3) is 2.59. The maximum Gasteiger partial charge on any atom is 0.418 e. The standard InChI is InChI=1S/C11H15F3N2/c1-7(2)16(3)10-5-4-8(15)6-9(10)11(12,13)14/h4-7H,15H2,1-3H3. The van der Waals surface area contributed by atoms with Crippen molar-refractivity contribution in [1.29, 1.82) is 0 Å². The Hall–Kier alpha value is -1.39. The highest BCUT2D eigenvalue weighted by Gasteiger charge is 2.34. The quantitative estimate of drug-likeness (QED) is 0.794. The summed E-state index contributed by atoms with van der Waals surface area (Å²) in [6.45, 7) is 3.66. The summed E-state index contributed by atoms with van der Waals surface area (Å²) in [6, 6.07) is 3.83. The molecule has 1 aromatic carbocycles. The number of hydrogen-bond acceptors (Lipinski definition) is 2. The number of hydrogen-bond donors (Lipinski definition) is 1. The molecule has 0 aliphatic carbocycles. The van der Waals surface area contributed by atoms with E-state index in [0.717, 1.165) is 6.07 Å². The van der Waals surface area contributed by atoms with Gasteiger partial charge in [-0.15, -0.1) is 0 Å². The molecule has 0 aliphatic rings. The number of nitrogens with two attached hydrogens (primary N) is 1. The Balaban J connectivity index is 3.29. The molecule has 5 heteroatoms. The van der Waals surface area contributed by atoms with Gasteiger partial charge in [0.05, 0.1) is 5.56 Å². The van der Waals surface area contributed by atoms with Crippen LogP contribution in [0.4, 0.5) is 24.5 Å². The average Bonchev–Trinajstić information content (AvgIpc) is 2.15. The van der Waals surface area contributed by atoms with Gasteiger partial charge in [0.1, 0.15) is 0 Å². The first kappa shape index (κ1) is 12.7. The Morgan fingerprint density at radius 1 is 1.25 bits per heavy atom. The van der Waals surface area contributed by atoms with Gasteiger partial charge in [0, 0.05) is 24.5 Å². The number of nitrogen functional groups attached to an aromatic ring is 1. The van der Waals surface area contributed by atoms with Gasteiger partial charge in [0.25, 0.3) is 0 Å². The zero-order valence-electron chi connectivity index (χ0n) is 9.47. The molecule has 0 aromatic heterocycles. The van der Waals surface area contributed by atoms with E-state index in [1.54, 1.807) is 11.9 Å². The van der Waals surface area contributed by atoms with Crippen molar-refractivity contribution in [2.75, 3.05) is 17.7 Å². The van der Waals surface area contributed by atoms with Gasteiger partial charge >= 0.3 is 6.18 Å². The molecule has 1 aromatic rings. The van der Waals surface area contributed by atoms with Gasteiger partial charge in [-0.3, -0.25) is 0 Å². The molecular weight excluding hydrogens is 217 g/mol. The lowest BCUT2D eigenvalue weighted by Crippen LogP contribution is -2.28. The van der Waals surface area contributed by atoms with Crippen LogP contribution in [0.25, 0.3) is 0 Å². The molecule has 2 nitrogen and oxygen atoms in total. The van der Waals surface area contributed by atoms with Crippen molar-refractivity contribution in [3.8, 4) is 0 Å². The lowest BCUT2D eigenvalue weighted by atomic mass is 10.1. The summed E-state index contributed by atoms with van der Waals surface area (Å²) in [5.74, 6) is 0. The van der Waals surface area contributed by atoms with Crippen LogP contribution in [-0.4, -0.2) is 13.1 Å². The second kappa shape index (κ2) is 4.23. The zero-order valence-corrected chi connectivity index (χ0v) is 9.47. The molecule has 0 saturated heterocycles. The van der Waals surface area contributed by atoms with Crippen LogP contribution < -0.4 is 10.6 Å². The van der Waals surface area contributed by atoms with E-state index in [0.29, 0.717) is 0 Å². The van der Waals surface area contributed by atoms with Crippen LogP contribution in [0.5, 0.6) is 0 Å². The van der Waals surface area contributed by atoms with Gasteiger partial charge in [-0.2, -0.15) is 13.2 Å². The molecule has 0 heterocycles. The summed E-state index contributed by atoms with van der Waals surface area (Å²) in [5.41, 5.74) is 4.96. The first-order valence-electron chi connectivity index (χ1n) is 4.93. The van der Waals surface area contributed by atoms with Crippen LogP contribution in [0.2, 0.25) is 0 Å². The second-order valence-corrected chi connectivity index (χ2v) is 3.98. The first-order valence-corrected chi connectivity index (χ1v) is 4.93. The Morgan fingerprint density at radius 2 is 1.81 bits per heavy atom. The monoisotopic (exact) mass is 232 g/mol. The lowest BCUT2D eigenvalue weighted by Gasteiger charge is -2.27. The number of rotatable bonds is 2. The van der Waals surface area contributed by atoms with Crippen molar-refractivity contribution < 1.29 is 13.2 Å². The van der Waals surface area contributed by atoms with E-state index >= 15 is 0 Å². The minimum atomic E-state index is -4.38. The highest BCUT2D eigenvalue weighted by atomic mass is 19.4. The largest absolute Gasteiger partial charge is 0.418 e. The maximum atomic E-state index is 12.8. The fourth-order valence-electron chi connectivity index (χ4n) is 1.37.